The topological polar surface area (TPSA) is 35.5 Å². The third-order valence-corrected chi connectivity index (χ3v) is 2.18. The van der Waals surface area contributed by atoms with Crippen LogP contribution in [0.25, 0.3) is 0 Å². The third-order valence-electron chi connectivity index (χ3n) is 2.18. The van der Waals surface area contributed by atoms with Crippen molar-refractivity contribution in [2.45, 2.75) is 26.4 Å². The van der Waals surface area contributed by atoms with Gasteiger partial charge in [-0.05, 0) is 25.5 Å². The van der Waals surface area contributed by atoms with E-state index in [9.17, 15) is 18.0 Å². The molecule has 100 valence electrons. The number of rotatable bonds is 6. The van der Waals surface area contributed by atoms with Gasteiger partial charge in [-0.15, -0.1) is 0 Å². The first-order valence-electron chi connectivity index (χ1n) is 5.42. The summed E-state index contributed by atoms with van der Waals surface area (Å²) in [5.41, 5.74) is -0.0501. The van der Waals surface area contributed by atoms with Crippen molar-refractivity contribution >= 4 is 5.97 Å². The first kappa shape index (κ1) is 14.3. The number of esters is 1. The van der Waals surface area contributed by atoms with Gasteiger partial charge in [0.2, 0.25) is 0 Å². The molecule has 0 spiro atoms. The lowest BCUT2D eigenvalue weighted by Crippen LogP contribution is -2.09. The molecular weight excluding hydrogens is 249 g/mol. The van der Waals surface area contributed by atoms with Gasteiger partial charge in [0.1, 0.15) is 11.6 Å². The normalized spacial score (nSPS) is 10.5. The third kappa shape index (κ3) is 4.27. The van der Waals surface area contributed by atoms with Gasteiger partial charge >= 0.3 is 12.6 Å². The summed E-state index contributed by atoms with van der Waals surface area (Å²) in [6.45, 7) is -1.17. The van der Waals surface area contributed by atoms with Crippen LogP contribution in [0.3, 0.4) is 0 Å². The van der Waals surface area contributed by atoms with Crippen molar-refractivity contribution in [3.8, 4) is 5.75 Å². The average Bonchev–Trinajstić information content (AvgIpc) is 2.28. The molecule has 1 aromatic carbocycles. The second kappa shape index (κ2) is 6.88. The molecule has 1 rings (SSSR count). The number of halogens is 3. The zero-order chi connectivity index (χ0) is 13.5. The fourth-order valence-electron chi connectivity index (χ4n) is 1.45. The summed E-state index contributed by atoms with van der Waals surface area (Å²) < 4.78 is 46.6. The Kier molecular flexibility index (Phi) is 5.48. The molecule has 0 fully saturated rings. The van der Waals surface area contributed by atoms with Gasteiger partial charge in [0, 0.05) is 12.0 Å². The summed E-state index contributed by atoms with van der Waals surface area (Å²) in [4.78, 5) is 11.1. The van der Waals surface area contributed by atoms with E-state index in [-0.39, 0.29) is 30.8 Å². The van der Waals surface area contributed by atoms with Crippen LogP contribution in [0.5, 0.6) is 5.75 Å². The number of carbonyl (C=O) groups is 1. The molecule has 0 aliphatic rings. The van der Waals surface area contributed by atoms with Gasteiger partial charge in [-0.3, -0.25) is 4.79 Å². The Morgan fingerprint density at radius 2 is 2.11 bits per heavy atom. The SMILES string of the molecule is CCOC(=O)CCc1c(F)cccc1OC(F)F. The van der Waals surface area contributed by atoms with E-state index in [1.165, 1.54) is 12.1 Å². The quantitative estimate of drug-likeness (QED) is 0.739. The van der Waals surface area contributed by atoms with Crippen molar-refractivity contribution in [1.82, 2.24) is 0 Å². The lowest BCUT2D eigenvalue weighted by molar-refractivity contribution is -0.143. The number of hydrogen-bond acceptors (Lipinski definition) is 3. The summed E-state index contributed by atoms with van der Waals surface area (Å²) in [5, 5.41) is 0. The van der Waals surface area contributed by atoms with E-state index in [1.807, 2.05) is 0 Å². The van der Waals surface area contributed by atoms with Gasteiger partial charge < -0.3 is 9.47 Å². The van der Waals surface area contributed by atoms with Gasteiger partial charge in [-0.25, -0.2) is 4.39 Å². The van der Waals surface area contributed by atoms with Crippen LogP contribution in [-0.4, -0.2) is 19.2 Å². The molecule has 0 saturated carbocycles. The second-order valence-corrected chi connectivity index (χ2v) is 3.40. The summed E-state index contributed by atoms with van der Waals surface area (Å²) in [6.07, 6.45) is -0.137. The molecule has 3 nitrogen and oxygen atoms in total. The molecule has 0 atom stereocenters. The summed E-state index contributed by atoms with van der Waals surface area (Å²) in [5.74, 6) is -1.45. The molecular formula is C12H13F3O3. The van der Waals surface area contributed by atoms with Crippen LogP contribution in [0.1, 0.15) is 18.9 Å². The van der Waals surface area contributed by atoms with Crippen molar-refractivity contribution in [1.29, 1.82) is 0 Å². The number of hydrogen-bond donors (Lipinski definition) is 0. The monoisotopic (exact) mass is 262 g/mol. The molecule has 1 aromatic rings. The molecule has 0 amide bonds. The predicted octanol–water partition coefficient (Wildman–Crippen LogP) is 2.92. The summed E-state index contributed by atoms with van der Waals surface area (Å²) in [7, 11) is 0. The Morgan fingerprint density at radius 1 is 1.39 bits per heavy atom. The number of benzene rings is 1. The Balaban J connectivity index is 2.76. The van der Waals surface area contributed by atoms with E-state index >= 15 is 0 Å². The second-order valence-electron chi connectivity index (χ2n) is 3.40. The minimum atomic E-state index is -3.03. The van der Waals surface area contributed by atoms with Crippen molar-refractivity contribution in [3.05, 3.63) is 29.6 Å². The minimum Gasteiger partial charge on any atom is -0.466 e. The van der Waals surface area contributed by atoms with Crippen LogP contribution in [0.4, 0.5) is 13.2 Å². The number of ether oxygens (including phenoxy) is 2. The average molecular weight is 262 g/mol. The maximum absolute atomic E-state index is 13.5. The van der Waals surface area contributed by atoms with E-state index in [1.54, 1.807) is 6.92 Å². The zero-order valence-electron chi connectivity index (χ0n) is 9.79. The molecule has 0 N–H and O–H groups in total. The fraction of sp³-hybridized carbons (Fsp3) is 0.417. The van der Waals surface area contributed by atoms with E-state index < -0.39 is 18.4 Å². The van der Waals surface area contributed by atoms with Crippen LogP contribution in [-0.2, 0) is 16.0 Å². The molecule has 0 aliphatic heterocycles. The summed E-state index contributed by atoms with van der Waals surface area (Å²) in [6, 6.07) is 3.62. The van der Waals surface area contributed by atoms with E-state index in [2.05, 4.69) is 9.47 Å². The Labute approximate surface area is 103 Å². The molecule has 0 aliphatic carbocycles. The fourth-order valence-corrected chi connectivity index (χ4v) is 1.45. The van der Waals surface area contributed by atoms with Crippen LogP contribution >= 0.6 is 0 Å². The van der Waals surface area contributed by atoms with E-state index in [4.69, 9.17) is 0 Å². The van der Waals surface area contributed by atoms with Crippen LogP contribution in [0.15, 0.2) is 18.2 Å². The van der Waals surface area contributed by atoms with Crippen molar-refractivity contribution in [2.75, 3.05) is 6.61 Å². The maximum Gasteiger partial charge on any atom is 0.387 e. The highest BCUT2D eigenvalue weighted by atomic mass is 19.3. The zero-order valence-corrected chi connectivity index (χ0v) is 9.79. The highest BCUT2D eigenvalue weighted by Gasteiger charge is 2.15. The summed E-state index contributed by atoms with van der Waals surface area (Å²) >= 11 is 0. The van der Waals surface area contributed by atoms with Crippen LogP contribution in [0.2, 0.25) is 0 Å². The van der Waals surface area contributed by atoms with Crippen LogP contribution in [0, 0.1) is 5.82 Å². The van der Waals surface area contributed by atoms with Crippen molar-refractivity contribution in [3.63, 3.8) is 0 Å². The molecule has 0 unspecified atom stereocenters. The lowest BCUT2D eigenvalue weighted by Gasteiger charge is -2.11. The van der Waals surface area contributed by atoms with Gasteiger partial charge in [0.15, 0.2) is 0 Å². The molecule has 0 aromatic heterocycles. The van der Waals surface area contributed by atoms with Crippen molar-refractivity contribution in [2.24, 2.45) is 0 Å². The highest BCUT2D eigenvalue weighted by molar-refractivity contribution is 5.69. The van der Waals surface area contributed by atoms with E-state index in [0.29, 0.717) is 0 Å². The molecule has 0 heterocycles. The molecule has 0 saturated heterocycles. The Morgan fingerprint density at radius 3 is 2.72 bits per heavy atom. The van der Waals surface area contributed by atoms with Crippen LogP contribution < -0.4 is 4.74 Å². The van der Waals surface area contributed by atoms with Gasteiger partial charge in [0.05, 0.1) is 6.61 Å². The predicted molar refractivity (Wildman–Crippen MR) is 58.0 cm³/mol. The first-order valence-corrected chi connectivity index (χ1v) is 5.42. The molecule has 0 bridgehead atoms. The van der Waals surface area contributed by atoms with Gasteiger partial charge in [-0.1, -0.05) is 6.07 Å². The number of carbonyl (C=O) groups excluding carboxylic acids is 1. The Hall–Kier alpha value is -1.72. The maximum atomic E-state index is 13.5. The van der Waals surface area contributed by atoms with Crippen molar-refractivity contribution < 1.29 is 27.4 Å². The molecule has 0 radical (unpaired) electrons. The van der Waals surface area contributed by atoms with Gasteiger partial charge in [-0.2, -0.15) is 8.78 Å². The number of alkyl halides is 2. The highest BCUT2D eigenvalue weighted by Crippen LogP contribution is 2.24. The van der Waals surface area contributed by atoms with E-state index in [0.717, 1.165) is 6.07 Å². The molecule has 6 heteroatoms. The Bertz CT molecular complexity index is 408. The largest absolute Gasteiger partial charge is 0.466 e. The smallest absolute Gasteiger partial charge is 0.387 e. The minimum absolute atomic E-state index is 0.0481. The standard InChI is InChI=1S/C12H13F3O3/c1-2-17-11(16)7-6-8-9(13)4-3-5-10(8)18-12(14)15/h3-5,12H,2,6-7H2,1H3. The molecule has 18 heavy (non-hydrogen) atoms. The van der Waals surface area contributed by atoms with Gasteiger partial charge in [0.25, 0.3) is 0 Å². The first-order chi connectivity index (χ1) is 8.54. The lowest BCUT2D eigenvalue weighted by atomic mass is 10.1.